The Morgan fingerprint density at radius 3 is 2.76 bits per heavy atom. The molecule has 0 aliphatic rings. The van der Waals surface area contributed by atoms with E-state index in [1.165, 1.54) is 10.5 Å². The normalized spacial score (nSPS) is 13.2. The third-order valence-corrected chi connectivity index (χ3v) is 6.95. The second-order valence-corrected chi connectivity index (χ2v) is 10.3. The number of thiophene rings is 1. The molecule has 0 saturated carbocycles. The van der Waals surface area contributed by atoms with Gasteiger partial charge in [-0.2, -0.15) is 0 Å². The molecule has 37 heavy (non-hydrogen) atoms. The minimum atomic E-state index is 0.133. The van der Waals surface area contributed by atoms with Crippen LogP contribution in [-0.4, -0.2) is 38.7 Å². The number of H-pyrrole nitrogens is 1. The maximum absolute atomic E-state index is 8.96. The summed E-state index contributed by atoms with van der Waals surface area (Å²) in [5, 5.41) is 12.3. The van der Waals surface area contributed by atoms with Gasteiger partial charge in [-0.25, -0.2) is 9.97 Å². The molecule has 4 aromatic rings. The van der Waals surface area contributed by atoms with Crippen molar-refractivity contribution in [3.63, 3.8) is 0 Å². The molecular weight excluding hydrogens is 478 g/mol. The van der Waals surface area contributed by atoms with E-state index in [9.17, 15) is 0 Å². The van der Waals surface area contributed by atoms with Crippen LogP contribution in [0.3, 0.4) is 0 Å². The molecule has 8 heteroatoms. The number of nitrogen functional groups attached to an aromatic ring is 1. The highest BCUT2D eigenvalue weighted by atomic mass is 32.1. The second kappa shape index (κ2) is 11.5. The zero-order valence-corrected chi connectivity index (χ0v) is 22.5. The van der Waals surface area contributed by atoms with Gasteiger partial charge < -0.3 is 16.0 Å². The van der Waals surface area contributed by atoms with Crippen molar-refractivity contribution in [1.29, 1.82) is 5.41 Å². The van der Waals surface area contributed by atoms with Gasteiger partial charge in [-0.3, -0.25) is 10.4 Å². The first-order valence-electron chi connectivity index (χ1n) is 12.3. The van der Waals surface area contributed by atoms with E-state index in [2.05, 4.69) is 67.8 Å². The molecule has 0 aliphatic heterocycles. The van der Waals surface area contributed by atoms with Crippen LogP contribution in [-0.2, 0) is 0 Å². The highest BCUT2D eigenvalue weighted by molar-refractivity contribution is 7.15. The number of aryl methyl sites for hydroxylation is 1. The van der Waals surface area contributed by atoms with Crippen LogP contribution in [0.2, 0.25) is 0 Å². The molecule has 4 rings (SSSR count). The molecule has 5 N–H and O–H groups in total. The molecule has 4 heterocycles. The maximum atomic E-state index is 8.96. The number of aromatic nitrogens is 4. The van der Waals surface area contributed by atoms with Gasteiger partial charge in [-0.1, -0.05) is 37.6 Å². The molecule has 0 spiro atoms. The third kappa shape index (κ3) is 5.93. The largest absolute Gasteiger partial charge is 0.397 e. The van der Waals surface area contributed by atoms with Gasteiger partial charge in [0.15, 0.2) is 5.82 Å². The summed E-state index contributed by atoms with van der Waals surface area (Å²) in [7, 11) is 0. The van der Waals surface area contributed by atoms with Crippen LogP contribution in [0.25, 0.3) is 27.2 Å². The zero-order chi connectivity index (χ0) is 26.5. The molecule has 0 aliphatic carbocycles. The Balaban J connectivity index is 1.75. The van der Waals surface area contributed by atoms with Crippen molar-refractivity contribution in [2.24, 2.45) is 5.92 Å². The van der Waals surface area contributed by atoms with Crippen LogP contribution in [0.15, 0.2) is 66.9 Å². The van der Waals surface area contributed by atoms with E-state index in [-0.39, 0.29) is 11.6 Å². The van der Waals surface area contributed by atoms with Crippen molar-refractivity contribution in [2.75, 3.05) is 18.8 Å². The van der Waals surface area contributed by atoms with Gasteiger partial charge in [0.1, 0.15) is 22.6 Å². The number of pyridine rings is 2. The Hall–Kier alpha value is -3.88. The number of hydrogen-bond donors (Lipinski definition) is 4. The van der Waals surface area contributed by atoms with E-state index in [4.69, 9.17) is 21.1 Å². The molecule has 0 aromatic carbocycles. The third-order valence-electron chi connectivity index (χ3n) is 5.94. The topological polar surface area (TPSA) is 116 Å². The van der Waals surface area contributed by atoms with Crippen LogP contribution in [0.1, 0.15) is 42.9 Å². The van der Waals surface area contributed by atoms with Gasteiger partial charge >= 0.3 is 0 Å². The summed E-state index contributed by atoms with van der Waals surface area (Å²) >= 11 is 1.67. The quantitative estimate of drug-likeness (QED) is 0.116. The predicted octanol–water partition coefficient (Wildman–Crippen LogP) is 6.15. The minimum absolute atomic E-state index is 0.133. The van der Waals surface area contributed by atoms with E-state index < -0.39 is 0 Å². The fourth-order valence-electron chi connectivity index (χ4n) is 3.94. The van der Waals surface area contributed by atoms with Crippen molar-refractivity contribution in [2.45, 2.75) is 27.7 Å². The van der Waals surface area contributed by atoms with Gasteiger partial charge in [0.05, 0.1) is 21.8 Å². The number of allylic oxidation sites excluding steroid dienone is 4. The number of aromatic amines is 1. The molecule has 190 valence electrons. The lowest BCUT2D eigenvalue weighted by Gasteiger charge is -2.11. The monoisotopic (exact) mass is 511 g/mol. The summed E-state index contributed by atoms with van der Waals surface area (Å²) in [5.74, 6) is 0.556. The average Bonchev–Trinajstić information content (AvgIpc) is 3.53. The number of nitrogens with one attached hydrogen (secondary N) is 3. The Labute approximate surface area is 221 Å². The molecule has 0 bridgehead atoms. The van der Waals surface area contributed by atoms with Crippen LogP contribution in [0.4, 0.5) is 5.69 Å². The van der Waals surface area contributed by atoms with Crippen LogP contribution in [0, 0.1) is 18.3 Å². The second-order valence-electron chi connectivity index (χ2n) is 9.05. The Morgan fingerprint density at radius 2 is 2.05 bits per heavy atom. The smallest absolute Gasteiger partial charge is 0.158 e. The Kier molecular flexibility index (Phi) is 8.11. The lowest BCUT2D eigenvalue weighted by Crippen LogP contribution is -2.15. The first-order valence-corrected chi connectivity index (χ1v) is 13.1. The molecule has 7 nitrogen and oxygen atoms in total. The fourth-order valence-corrected chi connectivity index (χ4v) is 4.80. The van der Waals surface area contributed by atoms with Gasteiger partial charge in [0, 0.05) is 17.6 Å². The Morgan fingerprint density at radius 1 is 1.24 bits per heavy atom. The summed E-state index contributed by atoms with van der Waals surface area (Å²) in [5.41, 5.74) is 12.5. The summed E-state index contributed by atoms with van der Waals surface area (Å²) in [6.45, 7) is 13.9. The molecule has 4 aromatic heterocycles. The van der Waals surface area contributed by atoms with E-state index in [1.807, 2.05) is 24.3 Å². The van der Waals surface area contributed by atoms with E-state index in [0.29, 0.717) is 17.2 Å². The number of fused-ring (bicyclic) bond motifs is 1. The molecular formula is C29H33N7S. The van der Waals surface area contributed by atoms with Gasteiger partial charge in [-0.05, 0) is 62.2 Å². The lowest BCUT2D eigenvalue weighted by atomic mass is 10.0. The predicted molar refractivity (Wildman–Crippen MR) is 156 cm³/mol. The van der Waals surface area contributed by atoms with E-state index in [0.717, 1.165) is 46.0 Å². The molecule has 0 radical (unpaired) electrons. The van der Waals surface area contributed by atoms with Crippen molar-refractivity contribution in [3.05, 3.63) is 89.0 Å². The summed E-state index contributed by atoms with van der Waals surface area (Å²) < 4.78 is 0. The molecule has 1 atom stereocenters. The van der Waals surface area contributed by atoms with Crippen molar-refractivity contribution in [1.82, 2.24) is 25.3 Å². The number of likely N-dealkylation sites (N-methyl/N-ethyl adjacent to an activating group) is 1. The van der Waals surface area contributed by atoms with Gasteiger partial charge in [0.2, 0.25) is 0 Å². The van der Waals surface area contributed by atoms with Crippen molar-refractivity contribution < 1.29 is 0 Å². The molecule has 0 amide bonds. The standard InChI is InChI=1S/C29H33N7S/c1-6-17(3)14-20(15-18(4)16-32-7-2)22-10-9-21(30)26(34-22)25(31)29-35-23-12-13-33-28(27(23)36-29)24-11-8-19(5)37-24/h6,8-15,17,31-32H,1,7,16,30H2,2-5H3,(H,35,36)/b18-15+,20-14+,31-25?/t17-/m0/s1. The molecule has 0 saturated heterocycles. The fraction of sp³-hybridized carbons (Fsp3) is 0.241. The summed E-state index contributed by atoms with van der Waals surface area (Å²) in [6, 6.07) is 9.68. The van der Waals surface area contributed by atoms with Gasteiger partial charge in [-0.15, -0.1) is 17.9 Å². The zero-order valence-electron chi connectivity index (χ0n) is 21.7. The SMILES string of the molecule is C=C[C@H](C)/C=C(\C=C(/C)CNCC)c1ccc(N)c(C(=N)c2nc3c(-c4ccc(C)s4)nccc3[nH]2)n1. The average molecular weight is 512 g/mol. The van der Waals surface area contributed by atoms with E-state index >= 15 is 0 Å². The summed E-state index contributed by atoms with van der Waals surface area (Å²) in [6.07, 6.45) is 7.89. The molecule has 0 fully saturated rings. The van der Waals surface area contributed by atoms with Crippen LogP contribution < -0.4 is 11.1 Å². The van der Waals surface area contributed by atoms with Crippen LogP contribution >= 0.6 is 11.3 Å². The van der Waals surface area contributed by atoms with Gasteiger partial charge in [0.25, 0.3) is 0 Å². The number of imidazole rings is 1. The highest BCUT2D eigenvalue weighted by Gasteiger charge is 2.19. The first kappa shape index (κ1) is 26.2. The molecule has 0 unspecified atom stereocenters. The number of hydrogen-bond acceptors (Lipinski definition) is 7. The van der Waals surface area contributed by atoms with Crippen LogP contribution in [0.5, 0.6) is 0 Å². The Bertz CT molecular complexity index is 1510. The first-order chi connectivity index (χ1) is 17.8. The number of rotatable bonds is 10. The maximum Gasteiger partial charge on any atom is 0.158 e. The summed E-state index contributed by atoms with van der Waals surface area (Å²) in [4.78, 5) is 19.7. The van der Waals surface area contributed by atoms with E-state index in [1.54, 1.807) is 23.6 Å². The number of anilines is 1. The van der Waals surface area contributed by atoms with Crippen molar-refractivity contribution >= 4 is 39.3 Å². The number of nitrogens with two attached hydrogens (primary N) is 1. The number of nitrogens with zero attached hydrogens (tertiary/aromatic N) is 3. The van der Waals surface area contributed by atoms with Crippen molar-refractivity contribution in [3.8, 4) is 10.6 Å². The highest BCUT2D eigenvalue weighted by Crippen LogP contribution is 2.31. The minimum Gasteiger partial charge on any atom is -0.397 e. The lowest BCUT2D eigenvalue weighted by molar-refractivity contribution is 0.776.